The molecule has 4 aliphatic rings. The number of nitrogens with zero attached hydrogens (tertiary/aromatic N) is 1. The Morgan fingerprint density at radius 1 is 0.789 bits per heavy atom. The highest BCUT2D eigenvalue weighted by molar-refractivity contribution is 6.10. The Labute approximate surface area is 220 Å². The molecule has 7 rings (SSSR count). The highest BCUT2D eigenvalue weighted by atomic mass is 16.5. The number of anilines is 1. The number of carbonyl (C=O) groups is 4. The molecule has 38 heavy (non-hydrogen) atoms. The van der Waals surface area contributed by atoms with Crippen LogP contribution in [0.25, 0.3) is 0 Å². The van der Waals surface area contributed by atoms with Gasteiger partial charge in [0.15, 0.2) is 6.61 Å². The lowest BCUT2D eigenvalue weighted by Crippen LogP contribution is -2.45. The van der Waals surface area contributed by atoms with Gasteiger partial charge in [0.25, 0.3) is 5.91 Å². The number of likely N-dealkylation sites (tertiary alicyclic amines) is 1. The number of hydrogen-bond donors (Lipinski definition) is 1. The summed E-state index contributed by atoms with van der Waals surface area (Å²) in [4.78, 5) is 54.1. The van der Waals surface area contributed by atoms with Crippen LogP contribution in [0.3, 0.4) is 0 Å². The Balaban J connectivity index is 1.22. The number of rotatable bonds is 5. The predicted molar refractivity (Wildman–Crippen MR) is 140 cm³/mol. The van der Waals surface area contributed by atoms with Crippen molar-refractivity contribution in [3.05, 3.63) is 100 Å². The van der Waals surface area contributed by atoms with Crippen molar-refractivity contribution in [2.45, 2.75) is 38.6 Å². The van der Waals surface area contributed by atoms with Gasteiger partial charge < -0.3 is 10.1 Å². The summed E-state index contributed by atoms with van der Waals surface area (Å²) in [5.41, 5.74) is 6.73. The molecule has 1 saturated heterocycles. The number of esters is 1. The van der Waals surface area contributed by atoms with Gasteiger partial charge in [-0.2, -0.15) is 0 Å². The molecule has 0 aromatic heterocycles. The van der Waals surface area contributed by atoms with Crippen molar-refractivity contribution >= 4 is 29.4 Å². The third-order valence-electron chi connectivity index (χ3n) is 8.30. The molecule has 7 heteroatoms. The average Bonchev–Trinajstić information content (AvgIpc) is 3.19. The lowest BCUT2D eigenvalue weighted by Gasteiger charge is -2.45. The molecule has 2 bridgehead atoms. The highest BCUT2D eigenvalue weighted by Crippen LogP contribution is 2.61. The smallest absolute Gasteiger partial charge is 0.329 e. The molecule has 1 heterocycles. The molecule has 1 fully saturated rings. The van der Waals surface area contributed by atoms with Crippen LogP contribution in [-0.2, 0) is 23.9 Å². The van der Waals surface area contributed by atoms with E-state index in [1.54, 1.807) is 0 Å². The van der Waals surface area contributed by atoms with Crippen molar-refractivity contribution in [1.82, 2.24) is 4.90 Å². The summed E-state index contributed by atoms with van der Waals surface area (Å²) < 4.78 is 5.28. The van der Waals surface area contributed by atoms with Gasteiger partial charge in [-0.25, -0.2) is 4.79 Å². The molecule has 1 aliphatic heterocycles. The van der Waals surface area contributed by atoms with E-state index in [4.69, 9.17) is 4.74 Å². The van der Waals surface area contributed by atoms with Crippen LogP contribution in [-0.4, -0.2) is 41.2 Å². The lowest BCUT2D eigenvalue weighted by atomic mass is 9.55. The maximum absolute atomic E-state index is 13.8. The van der Waals surface area contributed by atoms with Crippen molar-refractivity contribution in [3.8, 4) is 0 Å². The van der Waals surface area contributed by atoms with E-state index in [1.165, 1.54) is 6.92 Å². The standard InChI is InChI=1S/C31H28N2O5/c1-16-9-8-10-17(2)28(16)32-23(34)15-38-31(37)18(3)33-29(35)26-24-19-11-4-5-12-20(19)25(27(26)30(33)36)22-14-7-6-13-21(22)24/h4-14,18,24-27H,15H2,1-3H3,(H,32,34)/t18-,24?,25?,26+,27+/m0/s1. The van der Waals surface area contributed by atoms with Crippen molar-refractivity contribution in [3.63, 3.8) is 0 Å². The quantitative estimate of drug-likeness (QED) is 0.414. The topological polar surface area (TPSA) is 92.8 Å². The van der Waals surface area contributed by atoms with E-state index in [9.17, 15) is 19.2 Å². The van der Waals surface area contributed by atoms with E-state index in [2.05, 4.69) is 5.32 Å². The van der Waals surface area contributed by atoms with Crippen molar-refractivity contribution in [2.24, 2.45) is 11.8 Å². The third kappa shape index (κ3) is 3.49. The highest BCUT2D eigenvalue weighted by Gasteiger charge is 2.62. The van der Waals surface area contributed by atoms with Crippen LogP contribution in [0.15, 0.2) is 66.7 Å². The normalized spacial score (nSPS) is 23.4. The Bertz CT molecular complexity index is 1380. The van der Waals surface area contributed by atoms with E-state index in [0.29, 0.717) is 5.69 Å². The second-order valence-electron chi connectivity index (χ2n) is 10.4. The van der Waals surface area contributed by atoms with E-state index >= 15 is 0 Å². The first-order chi connectivity index (χ1) is 18.3. The summed E-state index contributed by atoms with van der Waals surface area (Å²) in [7, 11) is 0. The molecule has 3 atom stereocenters. The zero-order chi connectivity index (χ0) is 26.7. The number of amides is 3. The van der Waals surface area contributed by atoms with Crippen LogP contribution < -0.4 is 5.32 Å². The fourth-order valence-corrected chi connectivity index (χ4v) is 6.63. The van der Waals surface area contributed by atoms with Gasteiger partial charge in [0.2, 0.25) is 11.8 Å². The number of ether oxygens (including phenoxy) is 1. The summed E-state index contributed by atoms with van der Waals surface area (Å²) in [6.45, 7) is 4.73. The van der Waals surface area contributed by atoms with Crippen molar-refractivity contribution < 1.29 is 23.9 Å². The number of nitrogens with one attached hydrogen (secondary N) is 1. The summed E-state index contributed by atoms with van der Waals surface area (Å²) >= 11 is 0. The molecule has 3 aliphatic carbocycles. The zero-order valence-electron chi connectivity index (χ0n) is 21.4. The predicted octanol–water partition coefficient (Wildman–Crippen LogP) is 4.07. The zero-order valence-corrected chi connectivity index (χ0v) is 21.4. The fraction of sp³-hybridized carbons (Fsp3) is 0.290. The Hall–Kier alpha value is -4.26. The van der Waals surface area contributed by atoms with Crippen LogP contribution in [0.1, 0.15) is 52.1 Å². The molecule has 3 aromatic rings. The molecule has 0 spiro atoms. The van der Waals surface area contributed by atoms with E-state index in [0.717, 1.165) is 38.3 Å². The number of aryl methyl sites for hydroxylation is 2. The van der Waals surface area contributed by atoms with Crippen LogP contribution in [0.5, 0.6) is 0 Å². The minimum Gasteiger partial charge on any atom is -0.454 e. The molecule has 0 saturated carbocycles. The van der Waals surface area contributed by atoms with Crippen LogP contribution in [0, 0.1) is 25.7 Å². The van der Waals surface area contributed by atoms with Gasteiger partial charge in [0.05, 0.1) is 11.8 Å². The Morgan fingerprint density at radius 2 is 1.24 bits per heavy atom. The second kappa shape index (κ2) is 8.94. The number of benzene rings is 3. The monoisotopic (exact) mass is 508 g/mol. The van der Waals surface area contributed by atoms with Crippen LogP contribution >= 0.6 is 0 Å². The van der Waals surface area contributed by atoms with Gasteiger partial charge in [-0.05, 0) is 54.2 Å². The Morgan fingerprint density at radius 3 is 1.68 bits per heavy atom. The molecule has 1 N–H and O–H groups in total. The molecule has 0 radical (unpaired) electrons. The third-order valence-corrected chi connectivity index (χ3v) is 8.30. The van der Waals surface area contributed by atoms with Gasteiger partial charge in [-0.1, -0.05) is 66.7 Å². The fourth-order valence-electron chi connectivity index (χ4n) is 6.63. The average molecular weight is 509 g/mol. The molecule has 3 aromatic carbocycles. The molecular formula is C31H28N2O5. The maximum atomic E-state index is 13.8. The Kier molecular flexibility index (Phi) is 5.67. The summed E-state index contributed by atoms with van der Waals surface area (Å²) in [5.74, 6) is -3.62. The maximum Gasteiger partial charge on any atom is 0.329 e. The largest absolute Gasteiger partial charge is 0.454 e. The minimum absolute atomic E-state index is 0.245. The summed E-state index contributed by atoms with van der Waals surface area (Å²) in [6, 6.07) is 20.5. The van der Waals surface area contributed by atoms with Crippen LogP contribution in [0.2, 0.25) is 0 Å². The molecule has 3 amide bonds. The minimum atomic E-state index is -1.14. The summed E-state index contributed by atoms with van der Waals surface area (Å²) in [5, 5.41) is 2.78. The number of para-hydroxylation sites is 1. The van der Waals surface area contributed by atoms with Crippen molar-refractivity contribution in [1.29, 1.82) is 0 Å². The SMILES string of the molecule is Cc1cccc(C)c1NC(=O)COC(=O)[C@H](C)N1C(=O)[C@@H]2C3c4ccccc4C(c4ccccc43)[C@H]2C1=O. The molecular weight excluding hydrogens is 480 g/mol. The van der Waals surface area contributed by atoms with Gasteiger partial charge >= 0.3 is 5.97 Å². The van der Waals surface area contributed by atoms with Crippen LogP contribution in [0.4, 0.5) is 5.69 Å². The first kappa shape index (κ1) is 24.1. The van der Waals surface area contributed by atoms with E-state index in [-0.39, 0.29) is 23.7 Å². The second-order valence-corrected chi connectivity index (χ2v) is 10.4. The van der Waals surface area contributed by atoms with Gasteiger partial charge in [0.1, 0.15) is 6.04 Å². The molecule has 192 valence electrons. The first-order valence-corrected chi connectivity index (χ1v) is 12.9. The molecule has 0 unspecified atom stereocenters. The lowest BCUT2D eigenvalue weighted by molar-refractivity contribution is -0.159. The van der Waals surface area contributed by atoms with Gasteiger partial charge in [-0.15, -0.1) is 0 Å². The van der Waals surface area contributed by atoms with Crippen molar-refractivity contribution in [2.75, 3.05) is 11.9 Å². The number of carbonyl (C=O) groups excluding carboxylic acids is 4. The van der Waals surface area contributed by atoms with E-state index < -0.39 is 36.4 Å². The molecule has 7 nitrogen and oxygen atoms in total. The van der Waals surface area contributed by atoms with Gasteiger partial charge in [0, 0.05) is 17.5 Å². The summed E-state index contributed by atoms with van der Waals surface area (Å²) in [6.07, 6.45) is 0. The van der Waals surface area contributed by atoms with E-state index in [1.807, 2.05) is 80.6 Å². The number of hydrogen-bond acceptors (Lipinski definition) is 5. The first-order valence-electron chi connectivity index (χ1n) is 12.9. The number of imide groups is 1. The van der Waals surface area contributed by atoms with Gasteiger partial charge in [-0.3, -0.25) is 19.3 Å².